The summed E-state index contributed by atoms with van der Waals surface area (Å²) in [4.78, 5) is 13.6. The molecule has 0 saturated heterocycles. The van der Waals surface area contributed by atoms with Gasteiger partial charge in [0.15, 0.2) is 0 Å². The molecule has 0 N–H and O–H groups in total. The fraction of sp³-hybridized carbons (Fsp3) is 0.316. The molecule has 0 bridgehead atoms. The maximum Gasteiger partial charge on any atom is 0.340 e. The fourth-order valence-corrected chi connectivity index (χ4v) is 4.57. The molecule has 0 aliphatic rings. The second-order valence-electron chi connectivity index (χ2n) is 5.66. The lowest BCUT2D eigenvalue weighted by molar-refractivity contribution is 0.0472. The van der Waals surface area contributed by atoms with Crippen LogP contribution in [0, 0.1) is 0 Å². The van der Waals surface area contributed by atoms with E-state index < -0.39 is 16.0 Å². The zero-order valence-electron chi connectivity index (χ0n) is 15.4. The van der Waals surface area contributed by atoms with E-state index in [2.05, 4.69) is 0 Å². The highest BCUT2D eigenvalue weighted by Gasteiger charge is 2.24. The third kappa shape index (κ3) is 5.25. The van der Waals surface area contributed by atoms with Gasteiger partial charge in [-0.2, -0.15) is 4.31 Å². The molecule has 0 unspecified atom stereocenters. The summed E-state index contributed by atoms with van der Waals surface area (Å²) in [7, 11) is -3.68. The van der Waals surface area contributed by atoms with E-state index >= 15 is 0 Å². The summed E-state index contributed by atoms with van der Waals surface area (Å²) in [6.45, 7) is 4.28. The Morgan fingerprint density at radius 1 is 1.11 bits per heavy atom. The Labute approximate surface area is 169 Å². The van der Waals surface area contributed by atoms with E-state index in [-0.39, 0.29) is 22.1 Å². The quantitative estimate of drug-likeness (QED) is 0.460. The van der Waals surface area contributed by atoms with E-state index in [4.69, 9.17) is 16.3 Å². The van der Waals surface area contributed by atoms with Gasteiger partial charge in [0.05, 0.1) is 15.5 Å². The highest BCUT2D eigenvalue weighted by Crippen LogP contribution is 2.24. The first-order chi connectivity index (χ1) is 12.8. The van der Waals surface area contributed by atoms with Crippen molar-refractivity contribution in [2.24, 2.45) is 0 Å². The smallest absolute Gasteiger partial charge is 0.340 e. The molecule has 146 valence electrons. The van der Waals surface area contributed by atoms with Crippen LogP contribution in [0.15, 0.2) is 52.3 Å². The molecule has 0 fully saturated rings. The third-order valence-corrected chi connectivity index (χ3v) is 7.15. The fourth-order valence-electron chi connectivity index (χ4n) is 2.48. The van der Waals surface area contributed by atoms with Gasteiger partial charge in [-0.15, -0.1) is 11.8 Å². The SMILES string of the molecule is CCN(CC)S(=O)(=O)c1ccc(Cl)c(C(=O)OCc2ccc(SC)cc2)c1. The number of esters is 1. The Morgan fingerprint density at radius 2 is 1.74 bits per heavy atom. The number of carbonyl (C=O) groups excluding carboxylic acids is 1. The normalized spacial score (nSPS) is 11.6. The van der Waals surface area contributed by atoms with Crippen molar-refractivity contribution < 1.29 is 17.9 Å². The van der Waals surface area contributed by atoms with Gasteiger partial charge in [-0.3, -0.25) is 0 Å². The van der Waals surface area contributed by atoms with Gasteiger partial charge in [0.25, 0.3) is 0 Å². The number of rotatable bonds is 8. The average Bonchev–Trinajstić information content (AvgIpc) is 2.67. The summed E-state index contributed by atoms with van der Waals surface area (Å²) in [5, 5.41) is 0.149. The summed E-state index contributed by atoms with van der Waals surface area (Å²) in [5.41, 5.74) is 0.870. The molecule has 0 radical (unpaired) electrons. The molecule has 8 heteroatoms. The van der Waals surface area contributed by atoms with Gasteiger partial charge >= 0.3 is 5.97 Å². The lowest BCUT2D eigenvalue weighted by atomic mass is 10.2. The van der Waals surface area contributed by atoms with Gasteiger partial charge in [0.1, 0.15) is 6.61 Å². The lowest BCUT2D eigenvalue weighted by Crippen LogP contribution is -2.30. The summed E-state index contributed by atoms with van der Waals surface area (Å²) in [5.74, 6) is -0.662. The van der Waals surface area contributed by atoms with Crippen LogP contribution < -0.4 is 0 Å². The van der Waals surface area contributed by atoms with Crippen LogP contribution in [-0.4, -0.2) is 38.0 Å². The van der Waals surface area contributed by atoms with Crippen LogP contribution in [0.25, 0.3) is 0 Å². The predicted octanol–water partition coefficient (Wildman–Crippen LogP) is 4.45. The van der Waals surface area contributed by atoms with Crippen LogP contribution in [0.3, 0.4) is 0 Å². The maximum absolute atomic E-state index is 12.6. The standard InChI is InChI=1S/C19H22ClNO4S2/c1-4-21(5-2)27(23,24)16-10-11-18(20)17(12-16)19(22)25-13-14-6-8-15(26-3)9-7-14/h6-12H,4-5,13H2,1-3H3. The Balaban J connectivity index is 2.20. The highest BCUT2D eigenvalue weighted by molar-refractivity contribution is 7.98. The number of nitrogens with zero attached hydrogens (tertiary/aromatic N) is 1. The molecule has 0 aliphatic heterocycles. The van der Waals surface area contributed by atoms with Crippen LogP contribution in [0.2, 0.25) is 5.02 Å². The minimum atomic E-state index is -3.68. The van der Waals surface area contributed by atoms with Crippen molar-refractivity contribution in [3.05, 3.63) is 58.6 Å². The number of ether oxygens (including phenoxy) is 1. The van der Waals surface area contributed by atoms with Crippen LogP contribution in [0.5, 0.6) is 0 Å². The minimum absolute atomic E-state index is 0.0203. The Morgan fingerprint density at radius 3 is 2.30 bits per heavy atom. The molecule has 2 rings (SSSR count). The number of benzene rings is 2. The van der Waals surface area contributed by atoms with Crippen molar-refractivity contribution >= 4 is 39.4 Å². The summed E-state index contributed by atoms with van der Waals surface area (Å²) >= 11 is 7.72. The molecule has 0 atom stereocenters. The van der Waals surface area contributed by atoms with Crippen molar-refractivity contribution in [3.8, 4) is 0 Å². The molecule has 0 amide bonds. The largest absolute Gasteiger partial charge is 0.457 e. The van der Waals surface area contributed by atoms with E-state index in [1.807, 2.05) is 30.5 Å². The number of thioether (sulfide) groups is 1. The van der Waals surface area contributed by atoms with Gasteiger partial charge in [-0.05, 0) is 42.2 Å². The van der Waals surface area contributed by atoms with Crippen molar-refractivity contribution in [1.29, 1.82) is 0 Å². The second-order valence-corrected chi connectivity index (χ2v) is 8.88. The second kappa shape index (κ2) is 9.59. The van der Waals surface area contributed by atoms with E-state index in [0.717, 1.165) is 10.5 Å². The van der Waals surface area contributed by atoms with Crippen LogP contribution >= 0.6 is 23.4 Å². The summed E-state index contributed by atoms with van der Waals surface area (Å²) in [6, 6.07) is 11.7. The van der Waals surface area contributed by atoms with E-state index in [0.29, 0.717) is 13.1 Å². The molecule has 0 spiro atoms. The molecular weight excluding hydrogens is 406 g/mol. The number of sulfonamides is 1. The highest BCUT2D eigenvalue weighted by atomic mass is 35.5. The molecule has 0 aromatic heterocycles. The number of hydrogen-bond donors (Lipinski definition) is 0. The molecule has 0 saturated carbocycles. The first-order valence-electron chi connectivity index (χ1n) is 8.43. The number of hydrogen-bond acceptors (Lipinski definition) is 5. The Bertz CT molecular complexity index is 894. The molecular formula is C19H22ClNO4S2. The molecule has 2 aromatic carbocycles. The number of carbonyl (C=O) groups is 1. The molecule has 0 heterocycles. The van der Waals surface area contributed by atoms with Crippen LogP contribution in [-0.2, 0) is 21.4 Å². The van der Waals surface area contributed by atoms with Crippen molar-refractivity contribution in [2.45, 2.75) is 30.2 Å². The predicted molar refractivity (Wildman–Crippen MR) is 109 cm³/mol. The molecule has 27 heavy (non-hydrogen) atoms. The third-order valence-electron chi connectivity index (χ3n) is 4.03. The van der Waals surface area contributed by atoms with E-state index in [1.54, 1.807) is 25.6 Å². The minimum Gasteiger partial charge on any atom is -0.457 e. The molecule has 2 aromatic rings. The first kappa shape index (κ1) is 21.8. The zero-order valence-corrected chi connectivity index (χ0v) is 17.8. The van der Waals surface area contributed by atoms with Crippen molar-refractivity contribution in [3.63, 3.8) is 0 Å². The van der Waals surface area contributed by atoms with Gasteiger partial charge in [-0.1, -0.05) is 37.6 Å². The van der Waals surface area contributed by atoms with Gasteiger partial charge < -0.3 is 4.74 Å². The van der Waals surface area contributed by atoms with Gasteiger partial charge in [-0.25, -0.2) is 13.2 Å². The van der Waals surface area contributed by atoms with E-state index in [1.165, 1.54) is 22.5 Å². The number of halogens is 1. The Hall–Kier alpha value is -1.54. The monoisotopic (exact) mass is 427 g/mol. The molecule has 5 nitrogen and oxygen atoms in total. The molecule has 0 aliphatic carbocycles. The lowest BCUT2D eigenvalue weighted by Gasteiger charge is -2.19. The van der Waals surface area contributed by atoms with Crippen LogP contribution in [0.1, 0.15) is 29.8 Å². The average molecular weight is 428 g/mol. The van der Waals surface area contributed by atoms with E-state index in [9.17, 15) is 13.2 Å². The van der Waals surface area contributed by atoms with Crippen LogP contribution in [0.4, 0.5) is 0 Å². The topological polar surface area (TPSA) is 63.7 Å². The van der Waals surface area contributed by atoms with Gasteiger partial charge in [0, 0.05) is 18.0 Å². The van der Waals surface area contributed by atoms with Crippen molar-refractivity contribution in [2.75, 3.05) is 19.3 Å². The van der Waals surface area contributed by atoms with Crippen molar-refractivity contribution in [1.82, 2.24) is 4.31 Å². The maximum atomic E-state index is 12.6. The zero-order chi connectivity index (χ0) is 20.0. The first-order valence-corrected chi connectivity index (χ1v) is 11.5. The summed E-state index contributed by atoms with van der Waals surface area (Å²) in [6.07, 6.45) is 1.98. The Kier molecular flexibility index (Phi) is 7.73. The summed E-state index contributed by atoms with van der Waals surface area (Å²) < 4.78 is 31.9. The van der Waals surface area contributed by atoms with Gasteiger partial charge in [0.2, 0.25) is 10.0 Å².